The Morgan fingerprint density at radius 1 is 1.07 bits per heavy atom. The van der Waals surface area contributed by atoms with E-state index in [1.807, 2.05) is 38.1 Å². The number of Topliss-reactive ketones (excluding diaryl/α,β-unsaturated/α-hetero) is 1. The second-order valence-electron chi connectivity index (χ2n) is 11.5. The molecule has 0 fully saturated rings. The fourth-order valence-electron chi connectivity index (χ4n) is 5.89. The van der Waals surface area contributed by atoms with Gasteiger partial charge in [0.05, 0.1) is 23.2 Å². The molecule has 0 spiro atoms. The molecule has 3 aromatic carbocycles. The number of ether oxygens (including phenoxy) is 1. The number of hydrogen-bond donors (Lipinski definition) is 1. The van der Waals surface area contributed by atoms with Gasteiger partial charge in [0.2, 0.25) is 0 Å². The number of carbonyl (C=O) groups is 1. The molecule has 8 heteroatoms. The Labute approximate surface area is 259 Å². The average Bonchev–Trinajstić information content (AvgIpc) is 2.88. The molecule has 0 saturated heterocycles. The van der Waals surface area contributed by atoms with Gasteiger partial charge < -0.3 is 10.5 Å². The van der Waals surface area contributed by atoms with Gasteiger partial charge in [-0.25, -0.2) is 0 Å². The lowest BCUT2D eigenvalue weighted by Gasteiger charge is -2.44. The molecule has 0 saturated carbocycles. The number of carbonyl (C=O) groups excluding carboxylic acids is 1. The fourth-order valence-corrected chi connectivity index (χ4v) is 6.67. The summed E-state index contributed by atoms with van der Waals surface area (Å²) in [6.07, 6.45) is 0.966. The highest BCUT2D eigenvalue weighted by molar-refractivity contribution is 9.10. The molecule has 0 aromatic heterocycles. The van der Waals surface area contributed by atoms with E-state index in [9.17, 15) is 10.1 Å². The van der Waals surface area contributed by atoms with Crippen molar-refractivity contribution < 1.29 is 9.53 Å². The highest BCUT2D eigenvalue weighted by atomic mass is 79.9. The first-order valence-corrected chi connectivity index (χ1v) is 14.8. The number of halogens is 3. The predicted octanol–water partition coefficient (Wildman–Crippen LogP) is 8.89. The maximum absolute atomic E-state index is 14.0. The molecule has 41 heavy (non-hydrogen) atoms. The maximum Gasteiger partial charge on any atom is 0.162 e. The van der Waals surface area contributed by atoms with Crippen LogP contribution in [-0.2, 0) is 11.4 Å². The molecule has 2 N–H and O–H groups in total. The van der Waals surface area contributed by atoms with E-state index in [0.29, 0.717) is 46.3 Å². The Kier molecular flexibility index (Phi) is 8.00. The van der Waals surface area contributed by atoms with Crippen molar-refractivity contribution in [3.05, 3.63) is 114 Å². The monoisotopic (exact) mass is 649 g/mol. The number of nitrogens with two attached hydrogens (primary N) is 1. The first-order valence-electron chi connectivity index (χ1n) is 13.3. The van der Waals surface area contributed by atoms with Gasteiger partial charge in [0.25, 0.3) is 0 Å². The largest absolute Gasteiger partial charge is 0.489 e. The highest BCUT2D eigenvalue weighted by Crippen LogP contribution is 2.51. The van der Waals surface area contributed by atoms with Crippen molar-refractivity contribution >= 4 is 50.6 Å². The number of rotatable bonds is 5. The predicted molar refractivity (Wildman–Crippen MR) is 168 cm³/mol. The minimum atomic E-state index is -0.601. The van der Waals surface area contributed by atoms with Crippen molar-refractivity contribution in [3.63, 3.8) is 0 Å². The number of nitrogens with zero attached hydrogens (tertiary/aromatic N) is 2. The third kappa shape index (κ3) is 5.77. The van der Waals surface area contributed by atoms with E-state index in [2.05, 4.69) is 48.0 Å². The fraction of sp³-hybridized carbons (Fsp3) is 0.273. The van der Waals surface area contributed by atoms with Gasteiger partial charge in [0.1, 0.15) is 18.2 Å². The molecule has 5 nitrogen and oxygen atoms in total. The zero-order valence-corrected chi connectivity index (χ0v) is 26.4. The van der Waals surface area contributed by atoms with Gasteiger partial charge in [0.15, 0.2) is 5.78 Å². The van der Waals surface area contributed by atoms with Gasteiger partial charge in [-0.3, -0.25) is 9.69 Å². The molecule has 1 unspecified atom stereocenters. The summed E-state index contributed by atoms with van der Waals surface area (Å²) in [6, 6.07) is 19.3. The van der Waals surface area contributed by atoms with E-state index in [0.717, 1.165) is 38.2 Å². The van der Waals surface area contributed by atoms with E-state index in [-0.39, 0.29) is 17.0 Å². The first kappa shape index (κ1) is 29.3. The van der Waals surface area contributed by atoms with Crippen LogP contribution in [0.1, 0.15) is 54.9 Å². The molecule has 1 atom stereocenters. The molecule has 2 aliphatic rings. The third-order valence-electron chi connectivity index (χ3n) is 7.71. The Hall–Kier alpha value is -3.24. The van der Waals surface area contributed by atoms with Gasteiger partial charge in [-0.05, 0) is 84.8 Å². The van der Waals surface area contributed by atoms with E-state index in [4.69, 9.17) is 33.7 Å². The van der Waals surface area contributed by atoms with Gasteiger partial charge in [-0.1, -0.05) is 70.7 Å². The molecule has 5 rings (SSSR count). The molecule has 0 bridgehead atoms. The zero-order chi connectivity index (χ0) is 29.6. The van der Waals surface area contributed by atoms with Gasteiger partial charge >= 0.3 is 0 Å². The summed E-state index contributed by atoms with van der Waals surface area (Å²) in [5.41, 5.74) is 12.7. The molecular formula is C33H30BrCl2N3O2. The summed E-state index contributed by atoms with van der Waals surface area (Å²) < 4.78 is 7.09. The second-order valence-corrected chi connectivity index (χ2v) is 13.3. The van der Waals surface area contributed by atoms with E-state index < -0.39 is 5.92 Å². The molecule has 0 amide bonds. The van der Waals surface area contributed by atoms with Crippen LogP contribution in [0.4, 0.5) is 5.69 Å². The first-order chi connectivity index (χ1) is 19.4. The van der Waals surface area contributed by atoms with Gasteiger partial charge in [-0.2, -0.15) is 5.26 Å². The van der Waals surface area contributed by atoms with Crippen molar-refractivity contribution in [2.24, 2.45) is 11.1 Å². The minimum Gasteiger partial charge on any atom is -0.489 e. The van der Waals surface area contributed by atoms with Crippen LogP contribution >= 0.6 is 39.1 Å². The number of allylic oxidation sites excluding steroid dienone is 3. The van der Waals surface area contributed by atoms with Crippen molar-refractivity contribution in [1.29, 1.82) is 5.26 Å². The quantitative estimate of drug-likeness (QED) is 0.298. The summed E-state index contributed by atoms with van der Waals surface area (Å²) in [5.74, 6) is 0.429. The standard InChI is InChI=1S/C33H30BrCl2N3O2/c1-18-9-20(17-41-25-7-5-21(34)6-8-25)19(2)26(10-18)30-27(16-37)32(38)39(24-12-22(35)11-23(36)13-24)28-14-33(3,4)15-29(40)31(28)30/h5-13,30H,14-15,17,38H2,1-4H3. The normalized spacial score (nSPS) is 18.3. The lowest BCUT2D eigenvalue weighted by molar-refractivity contribution is -0.118. The van der Waals surface area contributed by atoms with Crippen molar-refractivity contribution in [1.82, 2.24) is 0 Å². The zero-order valence-electron chi connectivity index (χ0n) is 23.3. The van der Waals surface area contributed by atoms with Crippen LogP contribution < -0.4 is 15.4 Å². The molecule has 210 valence electrons. The van der Waals surface area contributed by atoms with Crippen LogP contribution in [-0.4, -0.2) is 5.78 Å². The number of anilines is 1. The minimum absolute atomic E-state index is 0.00759. The van der Waals surface area contributed by atoms with Gasteiger partial charge in [0, 0.05) is 32.2 Å². The SMILES string of the molecule is Cc1cc(COc2ccc(Br)cc2)c(C)c(C2C(C#N)=C(N)N(c3cc(Cl)cc(Cl)c3)C3=C2C(=O)CC(C)(C)C3)c1. The molecular weight excluding hydrogens is 621 g/mol. The van der Waals surface area contributed by atoms with Gasteiger partial charge in [-0.15, -0.1) is 0 Å². The van der Waals surface area contributed by atoms with Crippen LogP contribution in [0, 0.1) is 30.6 Å². The highest BCUT2D eigenvalue weighted by Gasteiger charge is 2.45. The van der Waals surface area contributed by atoms with E-state index >= 15 is 0 Å². The number of nitriles is 1. The van der Waals surface area contributed by atoms with Crippen molar-refractivity contribution in [2.75, 3.05) is 4.90 Å². The third-order valence-corrected chi connectivity index (χ3v) is 8.67. The molecule has 1 aliphatic heterocycles. The Morgan fingerprint density at radius 2 is 1.73 bits per heavy atom. The lowest BCUT2D eigenvalue weighted by atomic mass is 9.68. The Bertz CT molecular complexity index is 1650. The van der Waals surface area contributed by atoms with E-state index in [1.54, 1.807) is 23.1 Å². The van der Waals surface area contributed by atoms with E-state index in [1.165, 1.54) is 0 Å². The summed E-state index contributed by atoms with van der Waals surface area (Å²) in [7, 11) is 0. The van der Waals surface area contributed by atoms with Crippen molar-refractivity contribution in [2.45, 2.75) is 53.1 Å². The number of aryl methyl sites for hydroxylation is 1. The summed E-state index contributed by atoms with van der Waals surface area (Å²) in [6.45, 7) is 8.51. The van der Waals surface area contributed by atoms with Crippen molar-refractivity contribution in [3.8, 4) is 11.8 Å². The van der Waals surface area contributed by atoms with Crippen LogP contribution in [0.3, 0.4) is 0 Å². The summed E-state index contributed by atoms with van der Waals surface area (Å²) in [5, 5.41) is 11.4. The van der Waals surface area contributed by atoms with Crippen LogP contribution in [0.15, 0.2) is 81.7 Å². The lowest BCUT2D eigenvalue weighted by Crippen LogP contribution is -2.42. The smallest absolute Gasteiger partial charge is 0.162 e. The Morgan fingerprint density at radius 3 is 2.37 bits per heavy atom. The number of hydrogen-bond acceptors (Lipinski definition) is 5. The van der Waals surface area contributed by atoms with Crippen LogP contribution in [0.25, 0.3) is 0 Å². The summed E-state index contributed by atoms with van der Waals surface area (Å²) >= 11 is 16.2. The second kappa shape index (κ2) is 11.2. The molecule has 1 heterocycles. The molecule has 0 radical (unpaired) electrons. The number of benzene rings is 3. The maximum atomic E-state index is 14.0. The summed E-state index contributed by atoms with van der Waals surface area (Å²) in [4.78, 5) is 15.8. The average molecular weight is 651 g/mol. The molecule has 3 aromatic rings. The number of ketones is 1. The van der Waals surface area contributed by atoms with Crippen LogP contribution in [0.2, 0.25) is 10.0 Å². The Balaban J connectivity index is 1.68. The molecule has 1 aliphatic carbocycles. The topological polar surface area (TPSA) is 79.3 Å². The van der Waals surface area contributed by atoms with Crippen LogP contribution in [0.5, 0.6) is 5.75 Å².